The van der Waals surface area contributed by atoms with Crippen LogP contribution in [0.4, 0.5) is 0 Å². The molecule has 174 valence electrons. The van der Waals surface area contributed by atoms with E-state index in [1.807, 2.05) is 19.1 Å². The van der Waals surface area contributed by atoms with Crippen LogP contribution in [-0.2, 0) is 15.3 Å². The molecule has 2 rings (SSSR count). The van der Waals surface area contributed by atoms with Crippen molar-refractivity contribution in [3.63, 3.8) is 0 Å². The Balaban J connectivity index is 1.71. The minimum absolute atomic E-state index is 0.0418. The summed E-state index contributed by atoms with van der Waals surface area (Å²) in [6, 6.07) is 6.68. The number of aromatic nitrogens is 1. The van der Waals surface area contributed by atoms with Crippen molar-refractivity contribution in [2.45, 2.75) is 57.7 Å². The third-order valence-corrected chi connectivity index (χ3v) is 6.02. The summed E-state index contributed by atoms with van der Waals surface area (Å²) in [5.41, 5.74) is 0.514. The van der Waals surface area contributed by atoms with Gasteiger partial charge in [0.05, 0.1) is 29.4 Å². The van der Waals surface area contributed by atoms with Gasteiger partial charge < -0.3 is 15.1 Å². The van der Waals surface area contributed by atoms with Gasteiger partial charge in [-0.2, -0.15) is 0 Å². The number of nitrogens with one attached hydrogen (secondary N) is 2. The second kappa shape index (κ2) is 14.5. The molecule has 8 heteroatoms. The SMILES string of the molecule is CCCC[C@H](NC(=O)CC[C@H](C)CNC(=O)c1cccnc1)C(=O)CSCc1ccco1. The maximum Gasteiger partial charge on any atom is 0.252 e. The van der Waals surface area contributed by atoms with Crippen LogP contribution in [0.2, 0.25) is 0 Å². The number of carbonyl (C=O) groups is 3. The number of carbonyl (C=O) groups excluding carboxylic acids is 3. The number of thioether (sulfide) groups is 1. The Morgan fingerprint density at radius 2 is 2.03 bits per heavy atom. The first-order valence-corrected chi connectivity index (χ1v) is 12.3. The zero-order chi connectivity index (χ0) is 23.2. The lowest BCUT2D eigenvalue weighted by molar-refractivity contribution is -0.127. The maximum absolute atomic E-state index is 12.6. The fourth-order valence-electron chi connectivity index (χ4n) is 3.08. The number of amides is 2. The number of ketones is 1. The highest BCUT2D eigenvalue weighted by Crippen LogP contribution is 2.15. The molecule has 0 aromatic carbocycles. The van der Waals surface area contributed by atoms with Crippen LogP contribution < -0.4 is 10.6 Å². The van der Waals surface area contributed by atoms with Gasteiger partial charge in [0.2, 0.25) is 5.91 Å². The third kappa shape index (κ3) is 9.68. The molecule has 2 aromatic rings. The Bertz CT molecular complexity index is 827. The molecule has 0 radical (unpaired) electrons. The van der Waals surface area contributed by atoms with Gasteiger partial charge in [-0.1, -0.05) is 26.7 Å². The van der Waals surface area contributed by atoms with Crippen LogP contribution in [0.15, 0.2) is 47.3 Å². The molecule has 2 atom stereocenters. The Morgan fingerprint density at radius 1 is 1.19 bits per heavy atom. The maximum atomic E-state index is 12.6. The van der Waals surface area contributed by atoms with Crippen LogP contribution in [-0.4, -0.2) is 40.9 Å². The first-order chi connectivity index (χ1) is 15.5. The Morgan fingerprint density at radius 3 is 2.72 bits per heavy atom. The lowest BCUT2D eigenvalue weighted by Gasteiger charge is -2.18. The molecule has 2 heterocycles. The van der Waals surface area contributed by atoms with Gasteiger partial charge in [0.15, 0.2) is 5.78 Å². The van der Waals surface area contributed by atoms with Crippen molar-refractivity contribution in [3.05, 3.63) is 54.2 Å². The molecular weight excluding hydrogens is 426 g/mol. The average molecular weight is 460 g/mol. The normalized spacial score (nSPS) is 12.7. The summed E-state index contributed by atoms with van der Waals surface area (Å²) in [5, 5.41) is 5.79. The second-order valence-electron chi connectivity index (χ2n) is 7.90. The average Bonchev–Trinajstić information content (AvgIpc) is 3.32. The molecule has 0 aliphatic heterocycles. The molecule has 0 unspecified atom stereocenters. The minimum Gasteiger partial charge on any atom is -0.468 e. The van der Waals surface area contributed by atoms with E-state index in [9.17, 15) is 14.4 Å². The highest BCUT2D eigenvalue weighted by Gasteiger charge is 2.20. The zero-order valence-corrected chi connectivity index (χ0v) is 19.7. The van der Waals surface area contributed by atoms with Crippen LogP contribution in [0, 0.1) is 5.92 Å². The van der Waals surface area contributed by atoms with Crippen molar-refractivity contribution in [2.24, 2.45) is 5.92 Å². The van der Waals surface area contributed by atoms with Crippen LogP contribution in [0.1, 0.15) is 62.1 Å². The number of unbranched alkanes of at least 4 members (excludes halogenated alkanes) is 1. The van der Waals surface area contributed by atoms with Crippen LogP contribution in [0.5, 0.6) is 0 Å². The Hall–Kier alpha value is -2.61. The summed E-state index contributed by atoms with van der Waals surface area (Å²) >= 11 is 1.49. The Kier molecular flexibility index (Phi) is 11.6. The van der Waals surface area contributed by atoms with Crippen LogP contribution in [0.25, 0.3) is 0 Å². The topological polar surface area (TPSA) is 101 Å². The number of Topliss-reactive ketones (excluding diaryl/α,β-unsaturated/α-hetero) is 1. The van der Waals surface area contributed by atoms with E-state index in [2.05, 4.69) is 22.5 Å². The van der Waals surface area contributed by atoms with E-state index in [0.29, 0.717) is 42.9 Å². The predicted molar refractivity (Wildman–Crippen MR) is 126 cm³/mol. The van der Waals surface area contributed by atoms with Gasteiger partial charge in [-0.25, -0.2) is 0 Å². The number of hydrogen-bond acceptors (Lipinski definition) is 6. The van der Waals surface area contributed by atoms with Gasteiger partial charge in [-0.15, -0.1) is 11.8 Å². The molecule has 0 bridgehead atoms. The highest BCUT2D eigenvalue weighted by molar-refractivity contribution is 7.99. The fourth-order valence-corrected chi connectivity index (χ4v) is 3.95. The molecule has 0 spiro atoms. The number of nitrogens with zero attached hydrogens (tertiary/aromatic N) is 1. The van der Waals surface area contributed by atoms with Crippen molar-refractivity contribution in [3.8, 4) is 0 Å². The molecule has 32 heavy (non-hydrogen) atoms. The summed E-state index contributed by atoms with van der Waals surface area (Å²) in [4.78, 5) is 41.1. The van der Waals surface area contributed by atoms with Crippen molar-refractivity contribution >= 4 is 29.4 Å². The highest BCUT2D eigenvalue weighted by atomic mass is 32.2. The van der Waals surface area contributed by atoms with E-state index in [4.69, 9.17) is 4.42 Å². The Labute approximate surface area is 194 Å². The van der Waals surface area contributed by atoms with Crippen molar-refractivity contribution < 1.29 is 18.8 Å². The lowest BCUT2D eigenvalue weighted by Crippen LogP contribution is -2.42. The number of hydrogen-bond donors (Lipinski definition) is 2. The molecule has 0 saturated carbocycles. The van der Waals surface area contributed by atoms with E-state index in [1.54, 1.807) is 24.6 Å². The standard InChI is InChI=1S/C24H33N3O4S/c1-3-4-9-21(22(28)17-32-16-20-8-6-13-31-20)27-23(29)11-10-18(2)14-26-24(30)19-7-5-12-25-15-19/h5-8,12-13,15,18,21H,3-4,9-11,14,16-17H2,1-2H3,(H,26,30)(H,27,29)/t18-,21-/m0/s1. The van der Waals surface area contributed by atoms with E-state index in [1.165, 1.54) is 18.0 Å². The molecular formula is C24H33N3O4S. The molecule has 0 saturated heterocycles. The van der Waals surface area contributed by atoms with Gasteiger partial charge in [-0.05, 0) is 43.0 Å². The molecule has 2 aromatic heterocycles. The largest absolute Gasteiger partial charge is 0.468 e. The summed E-state index contributed by atoms with van der Waals surface area (Å²) in [7, 11) is 0. The van der Waals surface area contributed by atoms with E-state index >= 15 is 0 Å². The van der Waals surface area contributed by atoms with E-state index in [-0.39, 0.29) is 23.5 Å². The molecule has 0 aliphatic rings. The first kappa shape index (κ1) is 25.6. The molecule has 2 N–H and O–H groups in total. The first-order valence-electron chi connectivity index (χ1n) is 11.1. The lowest BCUT2D eigenvalue weighted by atomic mass is 10.0. The van der Waals surface area contributed by atoms with Gasteiger partial charge in [0.1, 0.15) is 5.76 Å². The van der Waals surface area contributed by atoms with Crippen molar-refractivity contribution in [2.75, 3.05) is 12.3 Å². The van der Waals surface area contributed by atoms with Gasteiger partial charge in [0, 0.05) is 25.4 Å². The zero-order valence-electron chi connectivity index (χ0n) is 18.8. The molecule has 2 amide bonds. The number of furan rings is 1. The summed E-state index contributed by atoms with van der Waals surface area (Å²) in [6.45, 7) is 4.53. The summed E-state index contributed by atoms with van der Waals surface area (Å²) in [5.74, 6) is 1.69. The van der Waals surface area contributed by atoms with Crippen LogP contribution >= 0.6 is 11.8 Å². The molecule has 0 fully saturated rings. The van der Waals surface area contributed by atoms with Gasteiger partial charge >= 0.3 is 0 Å². The number of rotatable bonds is 15. The molecule has 7 nitrogen and oxygen atoms in total. The smallest absolute Gasteiger partial charge is 0.252 e. The predicted octanol–water partition coefficient (Wildman–Crippen LogP) is 4.00. The minimum atomic E-state index is -0.452. The van der Waals surface area contributed by atoms with E-state index in [0.717, 1.165) is 18.6 Å². The summed E-state index contributed by atoms with van der Waals surface area (Å²) in [6.07, 6.45) is 8.21. The van der Waals surface area contributed by atoms with Crippen molar-refractivity contribution in [1.29, 1.82) is 0 Å². The van der Waals surface area contributed by atoms with Gasteiger partial charge in [0.25, 0.3) is 5.91 Å². The summed E-state index contributed by atoms with van der Waals surface area (Å²) < 4.78 is 5.29. The fraction of sp³-hybridized carbons (Fsp3) is 0.500. The van der Waals surface area contributed by atoms with Crippen LogP contribution in [0.3, 0.4) is 0 Å². The van der Waals surface area contributed by atoms with E-state index < -0.39 is 6.04 Å². The third-order valence-electron chi connectivity index (χ3n) is 5.04. The monoisotopic (exact) mass is 459 g/mol. The van der Waals surface area contributed by atoms with Gasteiger partial charge in [-0.3, -0.25) is 19.4 Å². The quantitative estimate of drug-likeness (QED) is 0.417. The van der Waals surface area contributed by atoms with Crippen molar-refractivity contribution in [1.82, 2.24) is 15.6 Å². The second-order valence-corrected chi connectivity index (χ2v) is 8.88. The molecule has 0 aliphatic carbocycles. The number of pyridine rings is 1.